The summed E-state index contributed by atoms with van der Waals surface area (Å²) < 4.78 is 0. The maximum atomic E-state index is 3.65. The Hall–Kier alpha value is -0.430. The van der Waals surface area contributed by atoms with Crippen molar-refractivity contribution in [2.45, 2.75) is 6.92 Å². The Morgan fingerprint density at radius 3 is 2.33 bits per heavy atom. The molecule has 0 aromatic carbocycles. The van der Waals surface area contributed by atoms with Crippen molar-refractivity contribution in [2.75, 3.05) is 24.5 Å². The van der Waals surface area contributed by atoms with Gasteiger partial charge in [0.1, 0.15) is 0 Å². The van der Waals surface area contributed by atoms with E-state index in [1.807, 2.05) is 12.2 Å². The molecule has 0 aliphatic heterocycles. The summed E-state index contributed by atoms with van der Waals surface area (Å²) in [6.07, 6.45) is 15.2. The number of hydrogen-bond donors (Lipinski definition) is 0. The minimum Gasteiger partial charge on any atom is -0.246 e. The molecule has 0 aromatic rings. The first-order valence-electron chi connectivity index (χ1n) is 4.07. The molecular weight excluding hydrogens is 164 g/mol. The zero-order valence-corrected chi connectivity index (χ0v) is 9.45. The summed E-state index contributed by atoms with van der Waals surface area (Å²) in [5.74, 6) is 1.20. The molecule has 0 radical (unpaired) electrons. The molecule has 0 saturated heterocycles. The smallest absolute Gasteiger partial charge is 0.00505 e. The van der Waals surface area contributed by atoms with Crippen molar-refractivity contribution >= 4 is 10.0 Å². The van der Waals surface area contributed by atoms with Gasteiger partial charge in [0.05, 0.1) is 0 Å². The molecule has 0 rings (SSSR count). The van der Waals surface area contributed by atoms with Gasteiger partial charge < -0.3 is 0 Å². The fourth-order valence-corrected chi connectivity index (χ4v) is 1.44. The topological polar surface area (TPSA) is 0 Å². The zero-order chi connectivity index (χ0) is 9.61. The highest BCUT2D eigenvalue weighted by molar-refractivity contribution is 8.32. The molecule has 0 atom stereocenters. The summed E-state index contributed by atoms with van der Waals surface area (Å²) in [5, 5.41) is 0. The first kappa shape index (κ1) is 11.6. The highest BCUT2D eigenvalue weighted by Gasteiger charge is 1.98. The molecule has 0 saturated carbocycles. The van der Waals surface area contributed by atoms with Crippen molar-refractivity contribution in [3.8, 4) is 0 Å². The molecule has 0 N–H and O–H groups in total. The van der Waals surface area contributed by atoms with Crippen LogP contribution in [0.25, 0.3) is 0 Å². The second-order valence-electron chi connectivity index (χ2n) is 3.81. The molecule has 0 heterocycles. The van der Waals surface area contributed by atoms with Crippen LogP contribution in [0.1, 0.15) is 6.92 Å². The van der Waals surface area contributed by atoms with Gasteiger partial charge in [-0.1, -0.05) is 36.5 Å². The molecule has 0 fully saturated rings. The third-order valence-electron chi connectivity index (χ3n) is 1.36. The van der Waals surface area contributed by atoms with Crippen LogP contribution in [0.15, 0.2) is 36.5 Å². The highest BCUT2D eigenvalue weighted by atomic mass is 32.3. The van der Waals surface area contributed by atoms with Crippen molar-refractivity contribution in [1.82, 2.24) is 0 Å². The number of hydrogen-bond acceptors (Lipinski definition) is 0. The summed E-state index contributed by atoms with van der Waals surface area (Å²) in [4.78, 5) is 0. The maximum Gasteiger partial charge on any atom is -0.00505 e. The van der Waals surface area contributed by atoms with Gasteiger partial charge in [-0.3, -0.25) is 0 Å². The van der Waals surface area contributed by atoms with Gasteiger partial charge >= 0.3 is 0 Å². The molecule has 0 bridgehead atoms. The highest BCUT2D eigenvalue weighted by Crippen LogP contribution is 2.34. The molecule has 0 unspecified atom stereocenters. The average molecular weight is 184 g/mol. The van der Waals surface area contributed by atoms with E-state index < -0.39 is 0 Å². The second kappa shape index (κ2) is 5.26. The molecule has 0 amide bonds. The SMILES string of the molecule is C=C/C=C(C)\C=C/CS(C)(C)C. The fourth-order valence-electron chi connectivity index (χ4n) is 0.764. The van der Waals surface area contributed by atoms with Gasteiger partial charge in [-0.25, -0.2) is 10.0 Å². The third kappa shape index (κ3) is 7.67. The van der Waals surface area contributed by atoms with E-state index in [1.54, 1.807) is 0 Å². The minimum absolute atomic E-state index is 0.375. The lowest BCUT2D eigenvalue weighted by Gasteiger charge is -2.22. The van der Waals surface area contributed by atoms with E-state index in [-0.39, 0.29) is 10.0 Å². The molecule has 70 valence electrons. The van der Waals surface area contributed by atoms with E-state index in [9.17, 15) is 0 Å². The lowest BCUT2D eigenvalue weighted by atomic mass is 10.2. The molecule has 0 spiro atoms. The van der Waals surface area contributed by atoms with Crippen LogP contribution < -0.4 is 0 Å². The van der Waals surface area contributed by atoms with Crippen molar-refractivity contribution < 1.29 is 0 Å². The van der Waals surface area contributed by atoms with E-state index in [0.717, 1.165) is 0 Å². The lowest BCUT2D eigenvalue weighted by Crippen LogP contribution is -1.94. The van der Waals surface area contributed by atoms with Gasteiger partial charge in [0.2, 0.25) is 0 Å². The Balaban J connectivity index is 3.93. The van der Waals surface area contributed by atoms with Crippen LogP contribution in [0.2, 0.25) is 0 Å². The average Bonchev–Trinajstić information content (AvgIpc) is 1.84. The van der Waals surface area contributed by atoms with E-state index >= 15 is 0 Å². The van der Waals surface area contributed by atoms with Crippen molar-refractivity contribution in [2.24, 2.45) is 0 Å². The normalized spacial score (nSPS) is 15.2. The minimum atomic E-state index is -0.375. The van der Waals surface area contributed by atoms with Crippen LogP contribution in [-0.4, -0.2) is 24.5 Å². The van der Waals surface area contributed by atoms with Crippen molar-refractivity contribution in [3.05, 3.63) is 36.5 Å². The van der Waals surface area contributed by atoms with Gasteiger partial charge in [0, 0.05) is 0 Å². The fraction of sp³-hybridized carbons (Fsp3) is 0.455. The molecule has 0 aliphatic rings. The van der Waals surface area contributed by atoms with Crippen molar-refractivity contribution in [1.29, 1.82) is 0 Å². The molecule has 0 aromatic heterocycles. The van der Waals surface area contributed by atoms with E-state index in [2.05, 4.69) is 44.4 Å². The van der Waals surface area contributed by atoms with E-state index in [1.165, 1.54) is 11.3 Å². The van der Waals surface area contributed by atoms with E-state index in [0.29, 0.717) is 0 Å². The van der Waals surface area contributed by atoms with Gasteiger partial charge in [0.25, 0.3) is 0 Å². The van der Waals surface area contributed by atoms with Crippen molar-refractivity contribution in [3.63, 3.8) is 0 Å². The standard InChI is InChI=1S/C11H20S/c1-6-8-11(2)9-7-10-12(3,4)5/h6-9H,1,10H2,2-5H3/b9-7-,11-8-. The predicted octanol–water partition coefficient (Wildman–Crippen LogP) is 3.37. The Morgan fingerprint density at radius 2 is 1.92 bits per heavy atom. The van der Waals surface area contributed by atoms with Crippen LogP contribution in [0.4, 0.5) is 0 Å². The van der Waals surface area contributed by atoms with Crippen LogP contribution in [0.3, 0.4) is 0 Å². The van der Waals surface area contributed by atoms with Crippen LogP contribution in [0.5, 0.6) is 0 Å². The van der Waals surface area contributed by atoms with Gasteiger partial charge in [-0.15, -0.1) is 0 Å². The zero-order valence-electron chi connectivity index (χ0n) is 8.63. The largest absolute Gasteiger partial charge is 0.246 e. The van der Waals surface area contributed by atoms with Gasteiger partial charge in [-0.2, -0.15) is 0 Å². The van der Waals surface area contributed by atoms with Crippen LogP contribution >= 0.6 is 10.0 Å². The first-order valence-corrected chi connectivity index (χ1v) is 7.10. The summed E-state index contributed by atoms with van der Waals surface area (Å²) in [6, 6.07) is 0. The predicted molar refractivity (Wildman–Crippen MR) is 63.3 cm³/mol. The van der Waals surface area contributed by atoms with Gasteiger partial charge in [-0.05, 0) is 31.4 Å². The maximum absolute atomic E-state index is 3.65. The lowest BCUT2D eigenvalue weighted by molar-refractivity contribution is 1.50. The Morgan fingerprint density at radius 1 is 1.33 bits per heavy atom. The number of rotatable bonds is 4. The number of allylic oxidation sites excluding steroid dienone is 4. The summed E-state index contributed by atoms with van der Waals surface area (Å²) in [7, 11) is -0.375. The monoisotopic (exact) mass is 184 g/mol. The molecule has 0 aliphatic carbocycles. The van der Waals surface area contributed by atoms with Crippen LogP contribution in [0, 0.1) is 0 Å². The Bertz CT molecular complexity index is 192. The van der Waals surface area contributed by atoms with Gasteiger partial charge in [0.15, 0.2) is 0 Å². The molecule has 12 heavy (non-hydrogen) atoms. The molecule has 1 heteroatoms. The summed E-state index contributed by atoms with van der Waals surface area (Å²) >= 11 is 0. The Kier molecular flexibility index (Phi) is 5.07. The summed E-state index contributed by atoms with van der Waals surface area (Å²) in [6.45, 7) is 5.75. The Labute approximate surface area is 78.4 Å². The first-order chi connectivity index (χ1) is 5.45. The van der Waals surface area contributed by atoms with Crippen LogP contribution in [-0.2, 0) is 0 Å². The molecular formula is C11H20S. The molecule has 0 nitrogen and oxygen atoms in total. The second-order valence-corrected chi connectivity index (χ2v) is 8.32. The summed E-state index contributed by atoms with van der Waals surface area (Å²) in [5.41, 5.74) is 1.27. The van der Waals surface area contributed by atoms with E-state index in [4.69, 9.17) is 0 Å². The quantitative estimate of drug-likeness (QED) is 0.588. The third-order valence-corrected chi connectivity index (χ3v) is 2.55.